The molecule has 0 saturated heterocycles. The zero-order valence-electron chi connectivity index (χ0n) is 12.2. The average Bonchev–Trinajstić information content (AvgIpc) is 2.53. The molecule has 0 spiro atoms. The summed E-state index contributed by atoms with van der Waals surface area (Å²) in [7, 11) is 0. The summed E-state index contributed by atoms with van der Waals surface area (Å²) in [5.41, 5.74) is 0.391. The standard InChI is InChI=1S/C16H14ClF3N2O/c1-9(10-4-2-3-5-11(10)17)21-8-14(23)22-13-7-6-12(18)15(19)16(13)20/h2-7,9,21H,8H2,1H3,(H,22,23)/t9-/m0/s1. The van der Waals surface area contributed by atoms with E-state index in [4.69, 9.17) is 11.6 Å². The highest BCUT2D eigenvalue weighted by molar-refractivity contribution is 6.31. The molecular formula is C16H14ClF3N2O. The fourth-order valence-electron chi connectivity index (χ4n) is 2.00. The molecule has 23 heavy (non-hydrogen) atoms. The van der Waals surface area contributed by atoms with Gasteiger partial charge in [0.2, 0.25) is 5.91 Å². The first-order valence-corrected chi connectivity index (χ1v) is 7.19. The lowest BCUT2D eigenvalue weighted by Gasteiger charge is -2.15. The minimum Gasteiger partial charge on any atom is -0.322 e. The third kappa shape index (κ3) is 4.24. The van der Waals surface area contributed by atoms with E-state index in [0.717, 1.165) is 17.7 Å². The number of carbonyl (C=O) groups is 1. The molecule has 3 nitrogen and oxygen atoms in total. The molecule has 0 aliphatic carbocycles. The van der Waals surface area contributed by atoms with E-state index in [2.05, 4.69) is 10.6 Å². The molecule has 0 saturated carbocycles. The third-order valence-electron chi connectivity index (χ3n) is 3.25. The number of anilines is 1. The van der Waals surface area contributed by atoms with Crippen molar-refractivity contribution in [1.29, 1.82) is 0 Å². The number of rotatable bonds is 5. The second-order valence-electron chi connectivity index (χ2n) is 4.90. The highest BCUT2D eigenvalue weighted by Gasteiger charge is 2.16. The van der Waals surface area contributed by atoms with Crippen molar-refractivity contribution in [3.05, 3.63) is 64.4 Å². The van der Waals surface area contributed by atoms with Crippen LogP contribution in [0.1, 0.15) is 18.5 Å². The minimum absolute atomic E-state index is 0.148. The summed E-state index contributed by atoms with van der Waals surface area (Å²) in [6.45, 7) is 1.66. The molecule has 7 heteroatoms. The van der Waals surface area contributed by atoms with Crippen LogP contribution in [0.15, 0.2) is 36.4 Å². The van der Waals surface area contributed by atoms with Gasteiger partial charge in [0.05, 0.1) is 12.2 Å². The minimum atomic E-state index is -1.62. The molecule has 0 heterocycles. The summed E-state index contributed by atoms with van der Waals surface area (Å²) in [5, 5.41) is 5.66. The van der Waals surface area contributed by atoms with E-state index in [9.17, 15) is 18.0 Å². The van der Waals surface area contributed by atoms with Crippen LogP contribution in [0.2, 0.25) is 5.02 Å². The van der Waals surface area contributed by atoms with Crippen molar-refractivity contribution in [3.63, 3.8) is 0 Å². The molecule has 2 rings (SSSR count). The molecule has 1 amide bonds. The van der Waals surface area contributed by atoms with Crippen LogP contribution in [0, 0.1) is 17.5 Å². The van der Waals surface area contributed by atoms with Crippen LogP contribution in [0.4, 0.5) is 18.9 Å². The first kappa shape index (κ1) is 17.3. The Morgan fingerprint density at radius 1 is 1.13 bits per heavy atom. The number of benzene rings is 2. The maximum Gasteiger partial charge on any atom is 0.238 e. The largest absolute Gasteiger partial charge is 0.322 e. The van der Waals surface area contributed by atoms with Gasteiger partial charge in [-0.05, 0) is 30.7 Å². The van der Waals surface area contributed by atoms with Crippen molar-refractivity contribution >= 4 is 23.2 Å². The molecule has 0 radical (unpaired) electrons. The maximum absolute atomic E-state index is 13.5. The Balaban J connectivity index is 1.96. The van der Waals surface area contributed by atoms with Crippen molar-refractivity contribution in [1.82, 2.24) is 5.32 Å². The van der Waals surface area contributed by atoms with Crippen LogP contribution >= 0.6 is 11.6 Å². The van der Waals surface area contributed by atoms with E-state index in [1.807, 2.05) is 19.1 Å². The quantitative estimate of drug-likeness (QED) is 0.805. The van der Waals surface area contributed by atoms with Crippen molar-refractivity contribution in [3.8, 4) is 0 Å². The summed E-state index contributed by atoms with van der Waals surface area (Å²) in [6, 6.07) is 8.63. The maximum atomic E-state index is 13.5. The van der Waals surface area contributed by atoms with Gasteiger partial charge in [-0.15, -0.1) is 0 Å². The average molecular weight is 343 g/mol. The second kappa shape index (κ2) is 7.48. The number of hydrogen-bond donors (Lipinski definition) is 2. The first-order valence-electron chi connectivity index (χ1n) is 6.81. The summed E-state index contributed by atoms with van der Waals surface area (Å²) in [5.74, 6) is -4.96. The Kier molecular flexibility index (Phi) is 5.63. The molecule has 0 fully saturated rings. The molecule has 2 N–H and O–H groups in total. The van der Waals surface area contributed by atoms with Gasteiger partial charge in [0.25, 0.3) is 0 Å². The highest BCUT2D eigenvalue weighted by Crippen LogP contribution is 2.22. The Bertz CT molecular complexity index is 724. The third-order valence-corrected chi connectivity index (χ3v) is 3.59. The fraction of sp³-hybridized carbons (Fsp3) is 0.188. The lowest BCUT2D eigenvalue weighted by Crippen LogP contribution is -2.30. The number of halogens is 4. The van der Waals surface area contributed by atoms with Crippen LogP contribution in [-0.2, 0) is 4.79 Å². The van der Waals surface area contributed by atoms with Gasteiger partial charge in [0, 0.05) is 11.1 Å². The van der Waals surface area contributed by atoms with Gasteiger partial charge >= 0.3 is 0 Å². The number of hydrogen-bond acceptors (Lipinski definition) is 2. The van der Waals surface area contributed by atoms with E-state index in [-0.39, 0.29) is 12.6 Å². The summed E-state index contributed by atoms with van der Waals surface area (Å²) in [4.78, 5) is 11.8. The van der Waals surface area contributed by atoms with Gasteiger partial charge in [0.15, 0.2) is 17.5 Å². The van der Waals surface area contributed by atoms with Crippen LogP contribution in [0.5, 0.6) is 0 Å². The van der Waals surface area contributed by atoms with Crippen molar-refractivity contribution in [2.24, 2.45) is 0 Å². The molecule has 2 aromatic carbocycles. The molecule has 122 valence electrons. The molecule has 0 unspecified atom stereocenters. The van der Waals surface area contributed by atoms with Crippen molar-refractivity contribution < 1.29 is 18.0 Å². The molecule has 2 aromatic rings. The summed E-state index contributed by atoms with van der Waals surface area (Å²) >= 11 is 6.05. The first-order chi connectivity index (χ1) is 10.9. The molecule has 0 aromatic heterocycles. The number of amides is 1. The lowest BCUT2D eigenvalue weighted by molar-refractivity contribution is -0.115. The van der Waals surface area contributed by atoms with Gasteiger partial charge in [-0.2, -0.15) is 0 Å². The Hall–Kier alpha value is -2.05. The van der Waals surface area contributed by atoms with Crippen molar-refractivity contribution in [2.45, 2.75) is 13.0 Å². The van der Waals surface area contributed by atoms with Crippen LogP contribution in [-0.4, -0.2) is 12.5 Å². The normalized spacial score (nSPS) is 12.0. The zero-order valence-corrected chi connectivity index (χ0v) is 12.9. The lowest BCUT2D eigenvalue weighted by atomic mass is 10.1. The number of carbonyl (C=O) groups excluding carboxylic acids is 1. The van der Waals surface area contributed by atoms with Crippen LogP contribution < -0.4 is 10.6 Å². The molecular weight excluding hydrogens is 329 g/mol. The van der Waals surface area contributed by atoms with Crippen LogP contribution in [0.3, 0.4) is 0 Å². The van der Waals surface area contributed by atoms with Gasteiger partial charge in [-0.3, -0.25) is 4.79 Å². The van der Waals surface area contributed by atoms with E-state index in [0.29, 0.717) is 5.02 Å². The predicted molar refractivity (Wildman–Crippen MR) is 82.8 cm³/mol. The topological polar surface area (TPSA) is 41.1 Å². The van der Waals surface area contributed by atoms with Gasteiger partial charge in [0.1, 0.15) is 0 Å². The molecule has 0 bridgehead atoms. The van der Waals surface area contributed by atoms with E-state index in [1.165, 1.54) is 0 Å². The second-order valence-corrected chi connectivity index (χ2v) is 5.30. The summed E-state index contributed by atoms with van der Waals surface area (Å²) in [6.07, 6.45) is 0. The monoisotopic (exact) mass is 342 g/mol. The Morgan fingerprint density at radius 3 is 2.52 bits per heavy atom. The molecule has 1 atom stereocenters. The fourth-order valence-corrected chi connectivity index (χ4v) is 2.30. The molecule has 0 aliphatic rings. The zero-order chi connectivity index (χ0) is 17.0. The van der Waals surface area contributed by atoms with Gasteiger partial charge < -0.3 is 10.6 Å². The number of nitrogens with one attached hydrogen (secondary N) is 2. The molecule has 0 aliphatic heterocycles. The van der Waals surface area contributed by atoms with Gasteiger partial charge in [-0.25, -0.2) is 13.2 Å². The Morgan fingerprint density at radius 2 is 1.83 bits per heavy atom. The van der Waals surface area contributed by atoms with E-state index >= 15 is 0 Å². The highest BCUT2D eigenvalue weighted by atomic mass is 35.5. The van der Waals surface area contributed by atoms with Crippen molar-refractivity contribution in [2.75, 3.05) is 11.9 Å². The van der Waals surface area contributed by atoms with E-state index < -0.39 is 29.0 Å². The smallest absolute Gasteiger partial charge is 0.238 e. The van der Waals surface area contributed by atoms with Gasteiger partial charge in [-0.1, -0.05) is 29.8 Å². The predicted octanol–water partition coefficient (Wildman–Crippen LogP) is 4.05. The van der Waals surface area contributed by atoms with E-state index in [1.54, 1.807) is 12.1 Å². The Labute approximate surface area is 136 Å². The summed E-state index contributed by atoms with van der Waals surface area (Å²) < 4.78 is 39.4. The van der Waals surface area contributed by atoms with Crippen LogP contribution in [0.25, 0.3) is 0 Å². The SMILES string of the molecule is C[C@H](NCC(=O)Nc1ccc(F)c(F)c1F)c1ccccc1Cl.